The zero-order valence-electron chi connectivity index (χ0n) is 14.3. The molecule has 26 heavy (non-hydrogen) atoms. The van der Waals surface area contributed by atoms with Crippen LogP contribution >= 0.6 is 11.6 Å². The number of nitrogens with one attached hydrogen (secondary N) is 1. The van der Waals surface area contributed by atoms with Crippen LogP contribution in [-0.4, -0.2) is 37.5 Å². The number of ether oxygens (including phenoxy) is 2. The first-order chi connectivity index (χ1) is 12.5. The largest absolute Gasteiger partial charge is 0.493 e. The average molecular weight is 373 g/mol. The molecule has 134 valence electrons. The fraction of sp³-hybridized carbons (Fsp3) is 0.158. The third kappa shape index (κ3) is 3.11. The third-order valence-corrected chi connectivity index (χ3v) is 4.40. The fourth-order valence-electron chi connectivity index (χ4n) is 2.79. The standard InChI is InChI=1S/C19H17ClN2O4/c1-11-12-6-4-5-7-13(12)19(24)22(11)10-18(23)21-15-9-17(26-3)16(25-2)8-14(15)20/h4-9H,1,10H2,2-3H3,(H,21,23). The highest BCUT2D eigenvalue weighted by molar-refractivity contribution is 6.34. The Balaban J connectivity index is 1.76. The number of amides is 2. The Morgan fingerprint density at radius 3 is 2.38 bits per heavy atom. The van der Waals surface area contributed by atoms with Crippen LogP contribution in [0.4, 0.5) is 5.69 Å². The molecule has 0 aliphatic carbocycles. The number of hydrogen-bond donors (Lipinski definition) is 1. The van der Waals surface area contributed by atoms with Gasteiger partial charge in [-0.25, -0.2) is 0 Å². The van der Waals surface area contributed by atoms with Gasteiger partial charge >= 0.3 is 0 Å². The van der Waals surface area contributed by atoms with E-state index in [9.17, 15) is 9.59 Å². The van der Waals surface area contributed by atoms with Gasteiger partial charge in [0, 0.05) is 29.0 Å². The lowest BCUT2D eigenvalue weighted by atomic mass is 10.1. The summed E-state index contributed by atoms with van der Waals surface area (Å²) >= 11 is 6.18. The van der Waals surface area contributed by atoms with Crippen molar-refractivity contribution in [2.45, 2.75) is 0 Å². The van der Waals surface area contributed by atoms with Crippen LogP contribution in [0.15, 0.2) is 43.0 Å². The van der Waals surface area contributed by atoms with Crippen LogP contribution in [0.2, 0.25) is 5.02 Å². The van der Waals surface area contributed by atoms with Gasteiger partial charge in [-0.05, 0) is 6.07 Å². The number of rotatable bonds is 5. The quantitative estimate of drug-likeness (QED) is 0.873. The van der Waals surface area contributed by atoms with E-state index < -0.39 is 5.91 Å². The highest BCUT2D eigenvalue weighted by Gasteiger charge is 2.32. The third-order valence-electron chi connectivity index (χ3n) is 4.09. The van der Waals surface area contributed by atoms with Crippen LogP contribution in [0.3, 0.4) is 0 Å². The Morgan fingerprint density at radius 2 is 1.77 bits per heavy atom. The average Bonchev–Trinajstić information content (AvgIpc) is 2.88. The van der Waals surface area contributed by atoms with E-state index in [2.05, 4.69) is 11.9 Å². The molecule has 1 aliphatic heterocycles. The maximum atomic E-state index is 12.5. The minimum atomic E-state index is -0.401. The maximum absolute atomic E-state index is 12.5. The van der Waals surface area contributed by atoms with Crippen LogP contribution in [0.25, 0.3) is 5.70 Å². The molecule has 2 amide bonds. The molecule has 0 saturated carbocycles. The van der Waals surface area contributed by atoms with E-state index in [4.69, 9.17) is 21.1 Å². The van der Waals surface area contributed by atoms with Gasteiger partial charge in [-0.1, -0.05) is 36.4 Å². The first kappa shape index (κ1) is 17.8. The number of carbonyl (C=O) groups excluding carboxylic acids is 2. The van der Waals surface area contributed by atoms with Crippen molar-refractivity contribution >= 4 is 34.8 Å². The molecule has 1 heterocycles. The number of halogens is 1. The zero-order valence-corrected chi connectivity index (χ0v) is 15.1. The molecule has 2 aromatic rings. The van der Waals surface area contributed by atoms with Crippen molar-refractivity contribution in [2.24, 2.45) is 0 Å². The van der Waals surface area contributed by atoms with Crippen molar-refractivity contribution in [3.05, 3.63) is 59.1 Å². The van der Waals surface area contributed by atoms with Gasteiger partial charge in [0.2, 0.25) is 5.91 Å². The molecule has 0 radical (unpaired) electrons. The minimum Gasteiger partial charge on any atom is -0.493 e. The van der Waals surface area contributed by atoms with Crippen LogP contribution in [-0.2, 0) is 4.79 Å². The second-order valence-electron chi connectivity index (χ2n) is 5.62. The van der Waals surface area contributed by atoms with Crippen LogP contribution in [0.1, 0.15) is 15.9 Å². The summed E-state index contributed by atoms with van der Waals surface area (Å²) in [5.74, 6) is 0.232. The first-order valence-corrected chi connectivity index (χ1v) is 8.15. The van der Waals surface area contributed by atoms with Crippen molar-refractivity contribution in [1.82, 2.24) is 4.90 Å². The fourth-order valence-corrected chi connectivity index (χ4v) is 2.99. The van der Waals surface area contributed by atoms with Gasteiger partial charge < -0.3 is 14.8 Å². The molecule has 0 spiro atoms. The van der Waals surface area contributed by atoms with Crippen LogP contribution < -0.4 is 14.8 Å². The van der Waals surface area contributed by atoms with Gasteiger partial charge in [0.25, 0.3) is 5.91 Å². The molecule has 3 rings (SSSR count). The highest BCUT2D eigenvalue weighted by Crippen LogP contribution is 2.36. The van der Waals surface area contributed by atoms with Gasteiger partial charge in [-0.2, -0.15) is 0 Å². The van der Waals surface area contributed by atoms with Gasteiger partial charge in [0.05, 0.1) is 24.9 Å². The Bertz CT molecular complexity index is 875. The normalized spacial score (nSPS) is 12.8. The molecule has 1 N–H and O–H groups in total. The van der Waals surface area contributed by atoms with Crippen molar-refractivity contribution in [3.8, 4) is 11.5 Å². The smallest absolute Gasteiger partial charge is 0.259 e. The molecule has 0 fully saturated rings. The van der Waals surface area contributed by atoms with E-state index in [0.717, 1.165) is 5.56 Å². The molecule has 0 unspecified atom stereocenters. The second kappa shape index (κ2) is 7.09. The molecular formula is C19H17ClN2O4. The summed E-state index contributed by atoms with van der Waals surface area (Å²) in [5, 5.41) is 2.99. The van der Waals surface area contributed by atoms with Crippen LogP contribution in [0.5, 0.6) is 11.5 Å². The van der Waals surface area contributed by atoms with Gasteiger partial charge in [0.1, 0.15) is 6.54 Å². The molecule has 0 atom stereocenters. The first-order valence-electron chi connectivity index (χ1n) is 7.77. The monoisotopic (exact) mass is 372 g/mol. The van der Waals surface area contributed by atoms with E-state index in [1.807, 2.05) is 6.07 Å². The summed E-state index contributed by atoms with van der Waals surface area (Å²) < 4.78 is 10.4. The number of methoxy groups -OCH3 is 2. The molecule has 7 heteroatoms. The summed E-state index contributed by atoms with van der Waals surface area (Å²) in [7, 11) is 2.98. The lowest BCUT2D eigenvalue weighted by molar-refractivity contribution is -0.116. The van der Waals surface area contributed by atoms with E-state index in [0.29, 0.717) is 33.5 Å². The molecule has 0 aromatic heterocycles. The minimum absolute atomic E-state index is 0.170. The molecule has 2 aromatic carbocycles. The Morgan fingerprint density at radius 1 is 1.15 bits per heavy atom. The van der Waals surface area contributed by atoms with Crippen molar-refractivity contribution in [2.75, 3.05) is 26.1 Å². The molecule has 0 bridgehead atoms. The van der Waals surface area contributed by atoms with E-state index >= 15 is 0 Å². The Labute approximate surface area is 156 Å². The summed E-state index contributed by atoms with van der Waals surface area (Å²) in [6.45, 7) is 3.75. The number of benzene rings is 2. The van der Waals surface area contributed by atoms with Gasteiger partial charge in [0.15, 0.2) is 11.5 Å². The van der Waals surface area contributed by atoms with Crippen molar-refractivity contribution in [1.29, 1.82) is 0 Å². The number of anilines is 1. The lowest BCUT2D eigenvalue weighted by Crippen LogP contribution is -2.32. The summed E-state index contributed by atoms with van der Waals surface area (Å²) in [6, 6.07) is 10.2. The van der Waals surface area contributed by atoms with Crippen molar-refractivity contribution in [3.63, 3.8) is 0 Å². The SMILES string of the molecule is C=C1c2ccccc2C(=O)N1CC(=O)Nc1cc(OC)c(OC)cc1Cl. The van der Waals surface area contributed by atoms with E-state index in [1.165, 1.54) is 19.1 Å². The number of hydrogen-bond acceptors (Lipinski definition) is 4. The lowest BCUT2D eigenvalue weighted by Gasteiger charge is -2.18. The summed E-state index contributed by atoms with van der Waals surface area (Å²) in [5.41, 5.74) is 2.13. The van der Waals surface area contributed by atoms with Gasteiger partial charge in [-0.3, -0.25) is 14.5 Å². The Kier molecular flexibility index (Phi) is 4.86. The second-order valence-corrected chi connectivity index (χ2v) is 6.03. The zero-order chi connectivity index (χ0) is 18.8. The predicted molar refractivity (Wildman–Crippen MR) is 99.7 cm³/mol. The number of fused-ring (bicyclic) bond motifs is 1. The van der Waals surface area contributed by atoms with Gasteiger partial charge in [-0.15, -0.1) is 0 Å². The molecule has 0 saturated heterocycles. The summed E-state index contributed by atoms with van der Waals surface area (Å²) in [4.78, 5) is 26.3. The Hall–Kier alpha value is -2.99. The number of nitrogens with zero attached hydrogens (tertiary/aromatic N) is 1. The topological polar surface area (TPSA) is 67.9 Å². The number of carbonyl (C=O) groups is 2. The van der Waals surface area contributed by atoms with Crippen LogP contribution in [0, 0.1) is 0 Å². The van der Waals surface area contributed by atoms with E-state index in [1.54, 1.807) is 30.3 Å². The molecule has 6 nitrogen and oxygen atoms in total. The van der Waals surface area contributed by atoms with E-state index in [-0.39, 0.29) is 12.5 Å². The van der Waals surface area contributed by atoms with Crippen molar-refractivity contribution < 1.29 is 19.1 Å². The summed E-state index contributed by atoms with van der Waals surface area (Å²) in [6.07, 6.45) is 0. The predicted octanol–water partition coefficient (Wildman–Crippen LogP) is 3.42. The maximum Gasteiger partial charge on any atom is 0.259 e. The highest BCUT2D eigenvalue weighted by atomic mass is 35.5. The molecular weight excluding hydrogens is 356 g/mol. The molecule has 1 aliphatic rings.